The number of aldehydes is 1. The summed E-state index contributed by atoms with van der Waals surface area (Å²) in [6, 6.07) is 5.22. The lowest BCUT2D eigenvalue weighted by molar-refractivity contribution is -0.485. The molecule has 0 heterocycles. The second-order valence-corrected chi connectivity index (χ2v) is 2.89. The molecule has 0 aliphatic heterocycles. The molecule has 1 aromatic rings. The van der Waals surface area contributed by atoms with Crippen molar-refractivity contribution in [2.24, 2.45) is 4.99 Å². The topological polar surface area (TPSA) is 81.8 Å². The van der Waals surface area contributed by atoms with Crippen molar-refractivity contribution in [3.8, 4) is 5.75 Å². The molecule has 0 spiro atoms. The Labute approximate surface area is 91.7 Å². The number of methoxy groups -OCH3 is 1. The van der Waals surface area contributed by atoms with E-state index in [1.54, 1.807) is 24.3 Å². The number of carbonyl (C=O) groups excluding carboxylic acids is 1. The number of hydrogen-bond donors (Lipinski definition) is 0. The van der Waals surface area contributed by atoms with Gasteiger partial charge in [-0.3, -0.25) is 19.9 Å². The van der Waals surface area contributed by atoms with Crippen LogP contribution in [0.1, 0.15) is 0 Å². The zero-order valence-corrected chi connectivity index (χ0v) is 8.57. The van der Waals surface area contributed by atoms with Crippen molar-refractivity contribution < 1.29 is 14.5 Å². The molecule has 0 aromatic heterocycles. The Balaban J connectivity index is 2.75. The minimum Gasteiger partial charge on any atom is -0.497 e. The van der Waals surface area contributed by atoms with Crippen molar-refractivity contribution in [2.75, 3.05) is 7.11 Å². The van der Waals surface area contributed by atoms with Gasteiger partial charge in [0.05, 0.1) is 19.0 Å². The van der Waals surface area contributed by atoms with Crippen molar-refractivity contribution in [3.63, 3.8) is 0 Å². The summed E-state index contributed by atoms with van der Waals surface area (Å²) in [6.45, 7) is 0. The summed E-state index contributed by atoms with van der Waals surface area (Å²) in [6.07, 6.45) is 1.22. The van der Waals surface area contributed by atoms with Crippen LogP contribution >= 0.6 is 0 Å². The number of aliphatic imine (C=N–C) groups is 1. The smallest absolute Gasteiger partial charge is 0.302 e. The van der Waals surface area contributed by atoms with Gasteiger partial charge in [-0.15, -0.1) is 0 Å². The lowest BCUT2D eigenvalue weighted by Crippen LogP contribution is -2.22. The Kier molecular flexibility index (Phi) is 4.14. The van der Waals surface area contributed by atoms with Gasteiger partial charge in [0, 0.05) is 4.92 Å². The lowest BCUT2D eigenvalue weighted by Gasteiger charge is -1.99. The van der Waals surface area contributed by atoms with Crippen LogP contribution in [0.4, 0.5) is 5.69 Å². The van der Waals surface area contributed by atoms with Crippen LogP contribution in [-0.2, 0) is 4.79 Å². The Hall–Kier alpha value is -2.24. The number of benzene rings is 1. The van der Waals surface area contributed by atoms with E-state index in [-0.39, 0.29) is 6.29 Å². The van der Waals surface area contributed by atoms with Crippen molar-refractivity contribution in [2.45, 2.75) is 6.04 Å². The first-order valence-corrected chi connectivity index (χ1v) is 4.44. The van der Waals surface area contributed by atoms with Gasteiger partial charge in [0.25, 0.3) is 0 Å². The molecule has 1 aromatic carbocycles. The van der Waals surface area contributed by atoms with Gasteiger partial charge in [0.1, 0.15) is 5.75 Å². The van der Waals surface area contributed by atoms with Gasteiger partial charge in [-0.2, -0.15) is 0 Å². The molecule has 0 amide bonds. The monoisotopic (exact) mass is 222 g/mol. The summed E-state index contributed by atoms with van der Waals surface area (Å²) in [5, 5.41) is 10.3. The molecule has 0 aliphatic carbocycles. The van der Waals surface area contributed by atoms with Crippen LogP contribution in [0.15, 0.2) is 29.3 Å². The standard InChI is InChI=1S/C10H10N2O4/c1-16-10-4-2-8(3-5-10)11-6-9(7-13)12(14)15/h2-7,9H,1H3. The molecule has 0 radical (unpaired) electrons. The zero-order chi connectivity index (χ0) is 12.0. The summed E-state index contributed by atoms with van der Waals surface area (Å²) in [5.41, 5.74) is 0.523. The van der Waals surface area contributed by atoms with Crippen molar-refractivity contribution in [3.05, 3.63) is 34.4 Å². The van der Waals surface area contributed by atoms with E-state index in [9.17, 15) is 14.9 Å². The summed E-state index contributed by atoms with van der Waals surface area (Å²) in [7, 11) is 1.54. The molecular formula is C10H10N2O4. The van der Waals surface area contributed by atoms with E-state index in [4.69, 9.17) is 4.74 Å². The van der Waals surface area contributed by atoms with Crippen LogP contribution < -0.4 is 4.74 Å². The molecular weight excluding hydrogens is 212 g/mol. The highest BCUT2D eigenvalue weighted by Crippen LogP contribution is 2.17. The molecule has 0 saturated carbocycles. The molecule has 6 heteroatoms. The van der Waals surface area contributed by atoms with E-state index < -0.39 is 11.0 Å². The third kappa shape index (κ3) is 3.16. The van der Waals surface area contributed by atoms with Crippen molar-refractivity contribution in [1.82, 2.24) is 0 Å². The average Bonchev–Trinajstić information content (AvgIpc) is 2.30. The van der Waals surface area contributed by atoms with Crippen LogP contribution in [0.3, 0.4) is 0 Å². The van der Waals surface area contributed by atoms with Gasteiger partial charge in [0.15, 0.2) is 6.29 Å². The Bertz CT molecular complexity index is 400. The molecule has 6 nitrogen and oxygen atoms in total. The number of rotatable bonds is 5. The van der Waals surface area contributed by atoms with Gasteiger partial charge >= 0.3 is 6.04 Å². The second-order valence-electron chi connectivity index (χ2n) is 2.89. The van der Waals surface area contributed by atoms with E-state index in [2.05, 4.69) is 4.99 Å². The minimum atomic E-state index is -1.40. The molecule has 16 heavy (non-hydrogen) atoms. The highest BCUT2D eigenvalue weighted by Gasteiger charge is 2.14. The van der Waals surface area contributed by atoms with Crippen LogP contribution in [-0.4, -0.2) is 30.6 Å². The van der Waals surface area contributed by atoms with E-state index in [0.717, 1.165) is 6.21 Å². The molecule has 0 fully saturated rings. The predicted octanol–water partition coefficient (Wildman–Crippen LogP) is 1.24. The maximum atomic E-state index is 10.3. The van der Waals surface area contributed by atoms with Gasteiger partial charge in [-0.05, 0) is 24.3 Å². The van der Waals surface area contributed by atoms with Gasteiger partial charge in [-0.1, -0.05) is 0 Å². The van der Waals surface area contributed by atoms with E-state index in [0.29, 0.717) is 11.4 Å². The fourth-order valence-electron chi connectivity index (χ4n) is 0.970. The molecule has 0 saturated heterocycles. The minimum absolute atomic E-state index is 0.229. The normalized spacial score (nSPS) is 12.3. The van der Waals surface area contributed by atoms with Crippen LogP contribution in [0.2, 0.25) is 0 Å². The van der Waals surface area contributed by atoms with E-state index in [1.165, 1.54) is 7.11 Å². The average molecular weight is 222 g/mol. The molecule has 1 rings (SSSR count). The molecule has 0 N–H and O–H groups in total. The van der Waals surface area contributed by atoms with Crippen molar-refractivity contribution in [1.29, 1.82) is 0 Å². The first kappa shape index (κ1) is 11.8. The van der Waals surface area contributed by atoms with Crippen LogP contribution in [0.5, 0.6) is 5.75 Å². The van der Waals surface area contributed by atoms with Gasteiger partial charge < -0.3 is 4.74 Å². The number of nitro groups is 1. The maximum Gasteiger partial charge on any atom is 0.302 e. The van der Waals surface area contributed by atoms with Crippen LogP contribution in [0.25, 0.3) is 0 Å². The summed E-state index contributed by atoms with van der Waals surface area (Å²) < 4.78 is 4.94. The lowest BCUT2D eigenvalue weighted by atomic mass is 10.3. The Morgan fingerprint density at radius 1 is 1.44 bits per heavy atom. The molecule has 1 atom stereocenters. The summed E-state index contributed by atoms with van der Waals surface area (Å²) in [5.74, 6) is 0.667. The highest BCUT2D eigenvalue weighted by atomic mass is 16.6. The maximum absolute atomic E-state index is 10.3. The molecule has 1 unspecified atom stereocenters. The summed E-state index contributed by atoms with van der Waals surface area (Å²) in [4.78, 5) is 23.7. The largest absolute Gasteiger partial charge is 0.497 e. The van der Waals surface area contributed by atoms with Crippen LogP contribution in [0, 0.1) is 10.1 Å². The third-order valence-electron chi connectivity index (χ3n) is 1.83. The third-order valence-corrected chi connectivity index (χ3v) is 1.83. The molecule has 0 bridgehead atoms. The molecule has 84 valence electrons. The first-order valence-electron chi connectivity index (χ1n) is 4.44. The quantitative estimate of drug-likeness (QED) is 0.325. The van der Waals surface area contributed by atoms with Crippen molar-refractivity contribution >= 4 is 18.2 Å². The number of carbonyl (C=O) groups is 1. The fraction of sp³-hybridized carbons (Fsp3) is 0.200. The van der Waals surface area contributed by atoms with E-state index >= 15 is 0 Å². The van der Waals surface area contributed by atoms with Gasteiger partial charge in [0.2, 0.25) is 0 Å². The zero-order valence-electron chi connectivity index (χ0n) is 8.57. The number of ether oxygens (including phenoxy) is 1. The Morgan fingerprint density at radius 3 is 2.50 bits per heavy atom. The number of hydrogen-bond acceptors (Lipinski definition) is 5. The SMILES string of the molecule is COc1ccc(N=CC(C=O)[N+](=O)[O-])cc1. The predicted molar refractivity (Wildman–Crippen MR) is 58.0 cm³/mol. The highest BCUT2D eigenvalue weighted by molar-refractivity contribution is 5.84. The molecule has 0 aliphatic rings. The first-order chi connectivity index (χ1) is 7.67. The second kappa shape index (κ2) is 5.59. The fourth-order valence-corrected chi connectivity index (χ4v) is 0.970. The Morgan fingerprint density at radius 2 is 2.06 bits per heavy atom. The van der Waals surface area contributed by atoms with Gasteiger partial charge in [-0.25, -0.2) is 0 Å². The summed E-state index contributed by atoms with van der Waals surface area (Å²) >= 11 is 0. The number of nitrogens with zero attached hydrogens (tertiary/aromatic N) is 2. The van der Waals surface area contributed by atoms with E-state index in [1.807, 2.05) is 0 Å².